The van der Waals surface area contributed by atoms with Gasteiger partial charge in [0.15, 0.2) is 5.52 Å². The lowest BCUT2D eigenvalue weighted by molar-refractivity contribution is -0.662. The number of hydrogen-bond donors (Lipinski definition) is 0. The number of aromatic nitrogens is 2. The quantitative estimate of drug-likeness (QED) is 0.322. The third-order valence-electron chi connectivity index (χ3n) is 5.71. The molecule has 27 heavy (non-hydrogen) atoms. The van der Waals surface area contributed by atoms with E-state index in [2.05, 4.69) is 88.7 Å². The predicted molar refractivity (Wildman–Crippen MR) is 114 cm³/mol. The zero-order valence-electron chi connectivity index (χ0n) is 17.1. The van der Waals surface area contributed by atoms with Crippen LogP contribution in [0.1, 0.15) is 42.0 Å². The molecule has 1 aromatic heterocycles. The van der Waals surface area contributed by atoms with Gasteiger partial charge in [-0.05, 0) is 65.9 Å². The van der Waals surface area contributed by atoms with Gasteiger partial charge in [-0.2, -0.15) is 0 Å². The molecule has 0 bridgehead atoms. The average Bonchev–Trinajstić information content (AvgIpc) is 2.63. The van der Waals surface area contributed by atoms with Gasteiger partial charge in [-0.1, -0.05) is 49.7 Å². The summed E-state index contributed by atoms with van der Waals surface area (Å²) in [7, 11) is 2.09. The summed E-state index contributed by atoms with van der Waals surface area (Å²) in [5, 5.41) is 3.76. The third kappa shape index (κ3) is 2.80. The predicted octanol–water partition coefficient (Wildman–Crippen LogP) is 5.93. The summed E-state index contributed by atoms with van der Waals surface area (Å²) in [5.41, 5.74) is 8.96. The van der Waals surface area contributed by atoms with Crippen LogP contribution in [0.15, 0.2) is 48.8 Å². The molecular formula is C25H27N2+. The van der Waals surface area contributed by atoms with Crippen LogP contribution in [0, 0.1) is 20.8 Å². The van der Waals surface area contributed by atoms with Crippen LogP contribution in [0.5, 0.6) is 0 Å². The number of rotatable bonds is 2. The molecule has 0 radical (unpaired) electrons. The summed E-state index contributed by atoms with van der Waals surface area (Å²) >= 11 is 0. The van der Waals surface area contributed by atoms with Crippen LogP contribution in [0.3, 0.4) is 0 Å². The summed E-state index contributed by atoms with van der Waals surface area (Å²) in [6.45, 7) is 11.1. The highest BCUT2D eigenvalue weighted by Crippen LogP contribution is 2.35. The Hall–Kier alpha value is -2.74. The molecule has 4 aromatic rings. The third-order valence-corrected chi connectivity index (χ3v) is 5.71. The maximum absolute atomic E-state index is 4.88. The van der Waals surface area contributed by atoms with E-state index in [1.54, 1.807) is 0 Å². The van der Waals surface area contributed by atoms with Crippen LogP contribution in [0.2, 0.25) is 0 Å². The SMILES string of the molecule is Cc1cc(C)c(C)c(-c2c3ccc4cccc(C(C)C)c4c3nc[n+]2C)c1. The van der Waals surface area contributed by atoms with Gasteiger partial charge in [-0.25, -0.2) is 4.57 Å². The number of fused-ring (bicyclic) bond motifs is 3. The lowest BCUT2D eigenvalue weighted by atomic mass is 9.91. The van der Waals surface area contributed by atoms with Crippen molar-refractivity contribution >= 4 is 21.7 Å². The second kappa shape index (κ2) is 6.45. The topological polar surface area (TPSA) is 16.8 Å². The molecule has 0 unspecified atom stereocenters. The summed E-state index contributed by atoms with van der Waals surface area (Å²) in [6, 6.07) is 15.6. The molecule has 0 aliphatic carbocycles. The van der Waals surface area contributed by atoms with Crippen molar-refractivity contribution in [3.63, 3.8) is 0 Å². The molecule has 0 aliphatic heterocycles. The first kappa shape index (κ1) is 17.7. The average molecular weight is 356 g/mol. The van der Waals surface area contributed by atoms with Gasteiger partial charge in [0.2, 0.25) is 0 Å². The van der Waals surface area contributed by atoms with Crippen LogP contribution in [0.25, 0.3) is 32.9 Å². The number of benzene rings is 3. The lowest BCUT2D eigenvalue weighted by Crippen LogP contribution is -2.32. The molecule has 0 saturated heterocycles. The van der Waals surface area contributed by atoms with Crippen molar-refractivity contribution in [2.24, 2.45) is 7.05 Å². The molecule has 3 aromatic carbocycles. The molecule has 4 rings (SSSR count). The summed E-state index contributed by atoms with van der Waals surface area (Å²) in [6.07, 6.45) is 1.96. The summed E-state index contributed by atoms with van der Waals surface area (Å²) in [4.78, 5) is 4.88. The molecule has 0 atom stereocenters. The van der Waals surface area contributed by atoms with Gasteiger partial charge < -0.3 is 0 Å². The van der Waals surface area contributed by atoms with E-state index in [-0.39, 0.29) is 0 Å². The molecule has 0 N–H and O–H groups in total. The minimum absolute atomic E-state index is 0.460. The smallest absolute Gasteiger partial charge is 0.232 e. The van der Waals surface area contributed by atoms with Gasteiger partial charge in [0, 0.05) is 10.9 Å². The van der Waals surface area contributed by atoms with E-state index < -0.39 is 0 Å². The Morgan fingerprint density at radius 3 is 2.48 bits per heavy atom. The molecule has 0 spiro atoms. The Labute approximate surface area is 161 Å². The van der Waals surface area contributed by atoms with E-state index in [9.17, 15) is 0 Å². The first-order valence-corrected chi connectivity index (χ1v) is 9.66. The lowest BCUT2D eigenvalue weighted by Gasteiger charge is -2.14. The van der Waals surface area contributed by atoms with E-state index in [4.69, 9.17) is 4.98 Å². The number of aryl methyl sites for hydroxylation is 3. The highest BCUT2D eigenvalue weighted by atomic mass is 15.0. The Bertz CT molecular complexity index is 1190. The first-order valence-electron chi connectivity index (χ1n) is 9.66. The Balaban J connectivity index is 2.18. The minimum Gasteiger partial charge on any atom is -0.232 e. The van der Waals surface area contributed by atoms with Crippen molar-refractivity contribution in [3.05, 3.63) is 71.0 Å². The molecule has 136 valence electrons. The Morgan fingerprint density at radius 1 is 0.963 bits per heavy atom. The van der Waals surface area contributed by atoms with Crippen LogP contribution in [0.4, 0.5) is 0 Å². The molecule has 1 heterocycles. The van der Waals surface area contributed by atoms with Crippen molar-refractivity contribution in [2.75, 3.05) is 0 Å². The normalized spacial score (nSPS) is 11.7. The standard InChI is InChI=1S/C25H27N2/c1-15(2)20-9-7-8-19-10-11-21-24(23(19)20)26-14-27(6)25(21)22-13-16(3)12-17(4)18(22)5/h7-15H,1-6H3/q+1. The van der Waals surface area contributed by atoms with Gasteiger partial charge in [-0.15, -0.1) is 0 Å². The van der Waals surface area contributed by atoms with Crippen molar-refractivity contribution in [1.29, 1.82) is 0 Å². The Kier molecular flexibility index (Phi) is 4.22. The molecule has 2 heteroatoms. The van der Waals surface area contributed by atoms with Crippen molar-refractivity contribution in [2.45, 2.75) is 40.5 Å². The maximum atomic E-state index is 4.88. The van der Waals surface area contributed by atoms with Gasteiger partial charge in [0.1, 0.15) is 5.69 Å². The second-order valence-electron chi connectivity index (χ2n) is 8.02. The van der Waals surface area contributed by atoms with Gasteiger partial charge in [0.05, 0.1) is 12.4 Å². The van der Waals surface area contributed by atoms with E-state index in [1.807, 2.05) is 6.33 Å². The first-order chi connectivity index (χ1) is 12.9. The highest BCUT2D eigenvalue weighted by molar-refractivity contribution is 6.10. The highest BCUT2D eigenvalue weighted by Gasteiger charge is 2.21. The van der Waals surface area contributed by atoms with Gasteiger partial charge in [-0.3, -0.25) is 0 Å². The maximum Gasteiger partial charge on any atom is 0.287 e. The molecular weight excluding hydrogens is 328 g/mol. The van der Waals surface area contributed by atoms with Crippen LogP contribution in [-0.2, 0) is 7.05 Å². The van der Waals surface area contributed by atoms with Crippen molar-refractivity contribution in [1.82, 2.24) is 4.98 Å². The largest absolute Gasteiger partial charge is 0.287 e. The monoisotopic (exact) mass is 355 g/mol. The summed E-state index contributed by atoms with van der Waals surface area (Å²) in [5.74, 6) is 0.460. The van der Waals surface area contributed by atoms with Crippen molar-refractivity contribution in [3.8, 4) is 11.3 Å². The van der Waals surface area contributed by atoms with Gasteiger partial charge in [0.25, 0.3) is 6.33 Å². The molecule has 2 nitrogen and oxygen atoms in total. The van der Waals surface area contributed by atoms with Gasteiger partial charge >= 0.3 is 0 Å². The van der Waals surface area contributed by atoms with E-state index in [0.717, 1.165) is 5.52 Å². The van der Waals surface area contributed by atoms with E-state index in [0.29, 0.717) is 5.92 Å². The fraction of sp³-hybridized carbons (Fsp3) is 0.280. The number of nitrogens with zero attached hydrogens (tertiary/aromatic N) is 2. The molecule has 0 saturated carbocycles. The fourth-order valence-electron chi connectivity index (χ4n) is 4.21. The fourth-order valence-corrected chi connectivity index (χ4v) is 4.21. The minimum atomic E-state index is 0.460. The zero-order chi connectivity index (χ0) is 19.3. The molecule has 0 aliphatic rings. The second-order valence-corrected chi connectivity index (χ2v) is 8.02. The van der Waals surface area contributed by atoms with Crippen molar-refractivity contribution < 1.29 is 4.57 Å². The summed E-state index contributed by atoms with van der Waals surface area (Å²) < 4.78 is 2.16. The van der Waals surface area contributed by atoms with E-state index >= 15 is 0 Å². The van der Waals surface area contributed by atoms with E-state index in [1.165, 1.54) is 49.7 Å². The zero-order valence-corrected chi connectivity index (χ0v) is 17.1. The molecule has 0 fully saturated rings. The number of hydrogen-bond acceptors (Lipinski definition) is 1. The Morgan fingerprint density at radius 2 is 1.74 bits per heavy atom. The van der Waals surface area contributed by atoms with Crippen LogP contribution < -0.4 is 4.57 Å². The van der Waals surface area contributed by atoms with Crippen LogP contribution >= 0.6 is 0 Å². The molecule has 0 amide bonds. The van der Waals surface area contributed by atoms with Crippen LogP contribution in [-0.4, -0.2) is 4.98 Å².